The van der Waals surface area contributed by atoms with Crippen LogP contribution >= 0.6 is 0 Å². The minimum Gasteiger partial charge on any atom is -0.599 e. The van der Waals surface area contributed by atoms with Gasteiger partial charge in [-0.25, -0.2) is 0 Å². The second-order valence-electron chi connectivity index (χ2n) is 5.79. The van der Waals surface area contributed by atoms with Crippen molar-refractivity contribution in [3.8, 4) is 17.6 Å². The highest BCUT2D eigenvalue weighted by molar-refractivity contribution is 6.59. The first-order valence-electron chi connectivity index (χ1n) is 7.74. The van der Waals surface area contributed by atoms with Crippen molar-refractivity contribution < 1.29 is 13.8 Å². The number of hydrogen-bond donors (Lipinski definition) is 0. The number of nitrogens with zero attached hydrogens (tertiary/aromatic N) is 3. The predicted octanol–water partition coefficient (Wildman–Crippen LogP) is 2.36. The number of para-hydroxylation sites is 2. The first kappa shape index (κ1) is 13.0. The molecule has 5 rings (SSSR count). The molecule has 3 aliphatic heterocycles. The van der Waals surface area contributed by atoms with Crippen LogP contribution in [0.4, 0.5) is 0 Å². The number of benzene rings is 1. The van der Waals surface area contributed by atoms with Crippen molar-refractivity contribution in [1.82, 2.24) is 4.81 Å². The van der Waals surface area contributed by atoms with Crippen LogP contribution in [-0.4, -0.2) is 11.6 Å². The Morgan fingerprint density at radius 2 is 1.75 bits per heavy atom. The Labute approximate surface area is 139 Å². The minimum atomic E-state index is -2.04. The molecule has 2 aromatic rings. The highest BCUT2D eigenvalue weighted by atomic mass is 16.7. The summed E-state index contributed by atoms with van der Waals surface area (Å²) in [6, 6.07) is 15.7. The van der Waals surface area contributed by atoms with Crippen molar-refractivity contribution >= 4 is 12.4 Å². The van der Waals surface area contributed by atoms with Gasteiger partial charge in [-0.2, -0.15) is 5.26 Å². The number of nitriles is 1. The molecule has 24 heavy (non-hydrogen) atoms. The predicted molar refractivity (Wildman–Crippen MR) is 88.1 cm³/mol. The van der Waals surface area contributed by atoms with E-state index in [9.17, 15) is 5.26 Å². The molecule has 5 nitrogen and oxygen atoms in total. The maximum absolute atomic E-state index is 9.70. The van der Waals surface area contributed by atoms with Gasteiger partial charge in [-0.3, -0.25) is 0 Å². The molecule has 1 aromatic heterocycles. The summed E-state index contributed by atoms with van der Waals surface area (Å²) in [5.41, 5.74) is 2.14. The molecule has 6 heteroatoms. The minimum absolute atomic E-state index is 0.590. The number of hydrogen-bond acceptors (Lipinski definition) is 4. The van der Waals surface area contributed by atoms with E-state index >= 15 is 0 Å². The smallest absolute Gasteiger partial charge is 0.599 e. The van der Waals surface area contributed by atoms with Gasteiger partial charge < -0.3 is 18.6 Å². The number of pyridine rings is 1. The molecule has 1 aromatic carbocycles. The van der Waals surface area contributed by atoms with E-state index < -0.39 is 6.82 Å². The Morgan fingerprint density at radius 1 is 1.00 bits per heavy atom. The highest BCUT2D eigenvalue weighted by Gasteiger charge is 2.61. The lowest BCUT2D eigenvalue weighted by Crippen LogP contribution is -2.81. The van der Waals surface area contributed by atoms with E-state index in [2.05, 4.69) is 6.07 Å². The normalized spacial score (nSPS) is 18.4. The topological polar surface area (TPSA) is 49.4 Å². The molecule has 1 spiro atoms. The van der Waals surface area contributed by atoms with Crippen LogP contribution < -0.4 is 13.8 Å². The van der Waals surface area contributed by atoms with E-state index in [1.165, 1.54) is 0 Å². The number of rotatable bonds is 0. The van der Waals surface area contributed by atoms with E-state index in [0.717, 1.165) is 11.4 Å². The molecule has 0 bridgehead atoms. The van der Waals surface area contributed by atoms with Crippen molar-refractivity contribution in [3.05, 3.63) is 84.5 Å². The van der Waals surface area contributed by atoms with Crippen LogP contribution in [0.25, 0.3) is 5.57 Å². The first-order valence-corrected chi connectivity index (χ1v) is 7.74. The van der Waals surface area contributed by atoms with Gasteiger partial charge in [0, 0.05) is 11.8 Å². The van der Waals surface area contributed by atoms with Gasteiger partial charge in [-0.05, 0) is 36.6 Å². The van der Waals surface area contributed by atoms with Crippen molar-refractivity contribution in [2.45, 2.75) is 0 Å². The van der Waals surface area contributed by atoms with Crippen LogP contribution in [0.3, 0.4) is 0 Å². The van der Waals surface area contributed by atoms with Gasteiger partial charge in [0.15, 0.2) is 5.69 Å². The zero-order valence-corrected chi connectivity index (χ0v) is 12.7. The van der Waals surface area contributed by atoms with Gasteiger partial charge >= 0.3 is 6.82 Å². The Balaban J connectivity index is 1.81. The van der Waals surface area contributed by atoms with Gasteiger partial charge in [0.1, 0.15) is 29.3 Å². The van der Waals surface area contributed by atoms with Crippen LogP contribution in [0.1, 0.15) is 5.69 Å². The molecule has 0 amide bonds. The van der Waals surface area contributed by atoms with E-state index in [-0.39, 0.29) is 0 Å². The molecule has 0 radical (unpaired) electrons. The van der Waals surface area contributed by atoms with Gasteiger partial charge in [-0.15, -0.1) is 0 Å². The first-order chi connectivity index (χ1) is 11.8. The van der Waals surface area contributed by atoms with Crippen LogP contribution in [0.15, 0.2) is 78.8 Å². The highest BCUT2D eigenvalue weighted by Crippen LogP contribution is 2.41. The zero-order valence-electron chi connectivity index (χ0n) is 12.7. The molecule has 0 unspecified atom stereocenters. The van der Waals surface area contributed by atoms with Crippen molar-refractivity contribution in [1.29, 1.82) is 5.26 Å². The lowest BCUT2D eigenvalue weighted by molar-refractivity contribution is -0.581. The van der Waals surface area contributed by atoms with Crippen LogP contribution in [0.5, 0.6) is 11.5 Å². The van der Waals surface area contributed by atoms with Crippen molar-refractivity contribution in [2.24, 2.45) is 0 Å². The quantitative estimate of drug-likeness (QED) is 0.701. The Kier molecular flexibility index (Phi) is 2.46. The monoisotopic (exact) mass is 313 g/mol. The molecule has 0 fully saturated rings. The van der Waals surface area contributed by atoms with Gasteiger partial charge in [0.2, 0.25) is 0 Å². The van der Waals surface area contributed by atoms with Crippen LogP contribution in [0, 0.1) is 11.3 Å². The molecule has 4 heterocycles. The Morgan fingerprint density at radius 3 is 2.50 bits per heavy atom. The molecule has 0 saturated carbocycles. The number of aromatic nitrogens is 1. The summed E-state index contributed by atoms with van der Waals surface area (Å²) in [7, 11) is 0. The molecule has 0 N–H and O–H groups in total. The molecule has 3 aliphatic rings. The fraction of sp³-hybridized carbons (Fsp3) is 0. The van der Waals surface area contributed by atoms with E-state index in [4.69, 9.17) is 9.31 Å². The second kappa shape index (κ2) is 4.52. The third-order valence-electron chi connectivity index (χ3n) is 4.52. The van der Waals surface area contributed by atoms with E-state index in [1.54, 1.807) is 0 Å². The van der Waals surface area contributed by atoms with Gasteiger partial charge in [0.25, 0.3) is 0 Å². The number of allylic oxidation sites excluding steroid dienone is 4. The number of fused-ring (bicyclic) bond motifs is 5. The van der Waals surface area contributed by atoms with Crippen molar-refractivity contribution in [3.63, 3.8) is 0 Å². The average molecular weight is 313 g/mol. The molecule has 0 aliphatic carbocycles. The van der Waals surface area contributed by atoms with E-state index in [0.29, 0.717) is 17.1 Å². The molecular formula is C18H12BN3O2. The standard InChI is InChI=1S/C18H12BN3O2/c20-13-14-15-7-3-5-11-21(15)19(22-12-6-4-8-16(14)22)23-17-9-1-2-10-18(17)24-19/h1-12H. The fourth-order valence-electron chi connectivity index (χ4n) is 3.51. The third kappa shape index (κ3) is 1.51. The lowest BCUT2D eigenvalue weighted by atomic mass is 9.78. The van der Waals surface area contributed by atoms with Crippen LogP contribution in [0.2, 0.25) is 0 Å². The molecular weight excluding hydrogens is 301 g/mol. The lowest BCUT2D eigenvalue weighted by Gasteiger charge is -2.43. The zero-order chi connectivity index (χ0) is 16.1. The summed E-state index contributed by atoms with van der Waals surface area (Å²) in [5, 5.41) is 9.70. The second-order valence-corrected chi connectivity index (χ2v) is 5.79. The van der Waals surface area contributed by atoms with E-state index in [1.807, 2.05) is 82.4 Å². The SMILES string of the molecule is N#CC1=C2C=CC=CN2[B-]2(Oc3ccccc3O2)[n+]2ccccc21. The van der Waals surface area contributed by atoms with Gasteiger partial charge in [0.05, 0.1) is 0 Å². The summed E-state index contributed by atoms with van der Waals surface area (Å²) in [6.45, 7) is -2.04. The summed E-state index contributed by atoms with van der Waals surface area (Å²) in [6.07, 6.45) is 9.51. The van der Waals surface area contributed by atoms with Crippen molar-refractivity contribution in [2.75, 3.05) is 0 Å². The summed E-state index contributed by atoms with van der Waals surface area (Å²) in [5.74, 6) is 1.39. The summed E-state index contributed by atoms with van der Waals surface area (Å²) >= 11 is 0. The molecule has 114 valence electrons. The maximum Gasteiger partial charge on any atom is 0.779 e. The molecule has 0 atom stereocenters. The Hall–Kier alpha value is -3.46. The van der Waals surface area contributed by atoms with Gasteiger partial charge in [-0.1, -0.05) is 24.3 Å². The van der Waals surface area contributed by atoms with Crippen LogP contribution in [-0.2, 0) is 0 Å². The third-order valence-corrected chi connectivity index (χ3v) is 4.52. The Bertz CT molecular complexity index is 978. The average Bonchev–Trinajstić information content (AvgIpc) is 3.03. The summed E-state index contributed by atoms with van der Waals surface area (Å²) < 4.78 is 14.6. The summed E-state index contributed by atoms with van der Waals surface area (Å²) in [4.78, 5) is 1.91. The maximum atomic E-state index is 9.70. The largest absolute Gasteiger partial charge is 0.779 e. The molecule has 0 saturated heterocycles. The fourth-order valence-corrected chi connectivity index (χ4v) is 3.51.